The lowest BCUT2D eigenvalue weighted by molar-refractivity contribution is 0.134. The second-order valence-corrected chi connectivity index (χ2v) is 3.97. The third kappa shape index (κ3) is 4.07. The van der Waals surface area contributed by atoms with E-state index in [4.69, 9.17) is 5.73 Å². The molecule has 0 rings (SSSR count). The van der Waals surface area contributed by atoms with Crippen molar-refractivity contribution in [2.45, 2.75) is 52.6 Å². The van der Waals surface area contributed by atoms with Gasteiger partial charge in [0.25, 0.3) is 0 Å². The van der Waals surface area contributed by atoms with E-state index in [1.54, 1.807) is 0 Å². The Hall–Kier alpha value is -0.0800. The molecule has 74 valence electrons. The number of aliphatic hydroxyl groups is 1. The van der Waals surface area contributed by atoms with E-state index >= 15 is 0 Å². The normalized spacial score (nSPS) is 18.8. The summed E-state index contributed by atoms with van der Waals surface area (Å²) in [6.45, 7) is 7.08. The molecule has 0 amide bonds. The Morgan fingerprint density at radius 1 is 1.42 bits per heavy atom. The maximum atomic E-state index is 9.37. The van der Waals surface area contributed by atoms with Crippen LogP contribution in [0.25, 0.3) is 0 Å². The lowest BCUT2D eigenvalue weighted by Crippen LogP contribution is -2.27. The summed E-state index contributed by atoms with van der Waals surface area (Å²) in [6.07, 6.45) is 3.74. The molecule has 0 fully saturated rings. The zero-order valence-electron chi connectivity index (χ0n) is 8.64. The highest BCUT2D eigenvalue weighted by Crippen LogP contribution is 2.26. The summed E-state index contributed by atoms with van der Waals surface area (Å²) in [5.74, 6) is 0. The van der Waals surface area contributed by atoms with E-state index in [0.29, 0.717) is 0 Å². The van der Waals surface area contributed by atoms with Gasteiger partial charge in [-0.25, -0.2) is 0 Å². The van der Waals surface area contributed by atoms with Crippen LogP contribution in [0.3, 0.4) is 0 Å². The minimum atomic E-state index is -0.137. The van der Waals surface area contributed by atoms with Gasteiger partial charge in [-0.1, -0.05) is 20.8 Å². The molecule has 0 saturated carbocycles. The number of hydrogen-bond acceptors (Lipinski definition) is 2. The molecule has 0 heterocycles. The molecule has 0 aliphatic rings. The first-order valence-corrected chi connectivity index (χ1v) is 4.96. The van der Waals surface area contributed by atoms with Gasteiger partial charge in [0, 0.05) is 0 Å². The van der Waals surface area contributed by atoms with Crippen LogP contribution in [0.1, 0.15) is 46.5 Å². The topological polar surface area (TPSA) is 46.2 Å². The van der Waals surface area contributed by atoms with Gasteiger partial charge in [-0.15, -0.1) is 0 Å². The fourth-order valence-corrected chi connectivity index (χ4v) is 1.14. The summed E-state index contributed by atoms with van der Waals surface area (Å²) in [5, 5.41) is 9.37. The average molecular weight is 173 g/mol. The molecule has 3 N–H and O–H groups in total. The molecule has 0 spiro atoms. The summed E-state index contributed by atoms with van der Waals surface area (Å²) < 4.78 is 0. The van der Waals surface area contributed by atoms with Crippen LogP contribution >= 0.6 is 0 Å². The molecule has 0 aromatic carbocycles. The van der Waals surface area contributed by atoms with E-state index in [-0.39, 0.29) is 11.5 Å². The van der Waals surface area contributed by atoms with Gasteiger partial charge in [-0.05, 0) is 37.6 Å². The van der Waals surface area contributed by atoms with Crippen molar-refractivity contribution < 1.29 is 5.11 Å². The Labute approximate surface area is 76.2 Å². The quantitative estimate of drug-likeness (QED) is 0.644. The molecule has 2 nitrogen and oxygen atoms in total. The summed E-state index contributed by atoms with van der Waals surface area (Å²) >= 11 is 0. The van der Waals surface area contributed by atoms with Gasteiger partial charge in [-0.3, -0.25) is 0 Å². The molecule has 2 unspecified atom stereocenters. The third-order valence-electron chi connectivity index (χ3n) is 2.90. The molecule has 0 aliphatic heterocycles. The number of rotatable bonds is 6. The molecule has 0 aliphatic carbocycles. The SMILES string of the molecule is CCC(O)CCC(C)(CC)CN. The van der Waals surface area contributed by atoms with Crippen molar-refractivity contribution in [3.8, 4) is 0 Å². The van der Waals surface area contributed by atoms with Crippen molar-refractivity contribution in [1.29, 1.82) is 0 Å². The molecule has 12 heavy (non-hydrogen) atoms. The summed E-state index contributed by atoms with van der Waals surface area (Å²) in [5.41, 5.74) is 5.90. The maximum absolute atomic E-state index is 9.37. The highest BCUT2D eigenvalue weighted by Gasteiger charge is 2.20. The molecular weight excluding hydrogens is 150 g/mol. The van der Waals surface area contributed by atoms with Crippen LogP contribution in [0.15, 0.2) is 0 Å². The monoisotopic (exact) mass is 173 g/mol. The summed E-state index contributed by atoms with van der Waals surface area (Å²) in [4.78, 5) is 0. The Balaban J connectivity index is 3.72. The minimum absolute atomic E-state index is 0.137. The molecule has 0 saturated heterocycles. The number of aliphatic hydroxyl groups excluding tert-OH is 1. The third-order valence-corrected chi connectivity index (χ3v) is 2.90. The molecule has 0 aromatic heterocycles. The van der Waals surface area contributed by atoms with Crippen molar-refractivity contribution in [2.75, 3.05) is 6.54 Å². The van der Waals surface area contributed by atoms with Crippen molar-refractivity contribution in [1.82, 2.24) is 0 Å². The predicted octanol–water partition coefficient (Wildman–Crippen LogP) is 1.91. The van der Waals surface area contributed by atoms with Crippen LogP contribution in [-0.4, -0.2) is 17.8 Å². The smallest absolute Gasteiger partial charge is 0.0537 e. The van der Waals surface area contributed by atoms with Gasteiger partial charge >= 0.3 is 0 Å². The highest BCUT2D eigenvalue weighted by atomic mass is 16.3. The molecule has 2 heteroatoms. The first-order chi connectivity index (χ1) is 5.58. The van der Waals surface area contributed by atoms with Crippen LogP contribution < -0.4 is 5.73 Å². The van der Waals surface area contributed by atoms with Crippen molar-refractivity contribution in [3.63, 3.8) is 0 Å². The zero-order chi connectivity index (χ0) is 9.61. The first-order valence-electron chi connectivity index (χ1n) is 4.96. The highest BCUT2D eigenvalue weighted by molar-refractivity contribution is 4.74. The van der Waals surface area contributed by atoms with Crippen LogP contribution in [-0.2, 0) is 0 Å². The Bertz CT molecular complexity index is 110. The number of hydrogen-bond donors (Lipinski definition) is 2. The van der Waals surface area contributed by atoms with Crippen LogP contribution in [0.2, 0.25) is 0 Å². The second-order valence-electron chi connectivity index (χ2n) is 3.97. The van der Waals surface area contributed by atoms with E-state index in [9.17, 15) is 5.11 Å². The van der Waals surface area contributed by atoms with E-state index in [0.717, 1.165) is 32.2 Å². The molecular formula is C10H23NO. The Morgan fingerprint density at radius 2 is 2.00 bits per heavy atom. The molecule has 0 radical (unpaired) electrons. The van der Waals surface area contributed by atoms with Gasteiger partial charge in [0.1, 0.15) is 0 Å². The molecule has 0 aromatic rings. The maximum Gasteiger partial charge on any atom is 0.0537 e. The van der Waals surface area contributed by atoms with Crippen LogP contribution in [0, 0.1) is 5.41 Å². The largest absolute Gasteiger partial charge is 0.393 e. The van der Waals surface area contributed by atoms with Gasteiger partial charge < -0.3 is 10.8 Å². The van der Waals surface area contributed by atoms with Gasteiger partial charge in [0.05, 0.1) is 6.10 Å². The lowest BCUT2D eigenvalue weighted by Gasteiger charge is -2.27. The van der Waals surface area contributed by atoms with E-state index in [2.05, 4.69) is 13.8 Å². The first kappa shape index (κ1) is 11.9. The van der Waals surface area contributed by atoms with Crippen LogP contribution in [0.4, 0.5) is 0 Å². The van der Waals surface area contributed by atoms with Crippen LogP contribution in [0.5, 0.6) is 0 Å². The Morgan fingerprint density at radius 3 is 2.33 bits per heavy atom. The predicted molar refractivity (Wildman–Crippen MR) is 53.0 cm³/mol. The lowest BCUT2D eigenvalue weighted by atomic mass is 9.82. The fourth-order valence-electron chi connectivity index (χ4n) is 1.14. The van der Waals surface area contributed by atoms with E-state index in [1.807, 2.05) is 6.92 Å². The number of nitrogens with two attached hydrogens (primary N) is 1. The van der Waals surface area contributed by atoms with Crippen molar-refractivity contribution in [3.05, 3.63) is 0 Å². The molecule has 0 bridgehead atoms. The summed E-state index contributed by atoms with van der Waals surface area (Å²) in [6, 6.07) is 0. The average Bonchev–Trinajstić information content (AvgIpc) is 2.13. The zero-order valence-corrected chi connectivity index (χ0v) is 8.64. The second kappa shape index (κ2) is 5.55. The summed E-state index contributed by atoms with van der Waals surface area (Å²) in [7, 11) is 0. The molecule has 2 atom stereocenters. The van der Waals surface area contributed by atoms with E-state index < -0.39 is 0 Å². The van der Waals surface area contributed by atoms with E-state index in [1.165, 1.54) is 0 Å². The minimum Gasteiger partial charge on any atom is -0.393 e. The Kier molecular flexibility index (Phi) is 5.51. The van der Waals surface area contributed by atoms with Gasteiger partial charge in [-0.2, -0.15) is 0 Å². The standard InChI is InChI=1S/C10H23NO/c1-4-9(12)6-7-10(3,5-2)8-11/h9,12H,4-8,11H2,1-3H3. The van der Waals surface area contributed by atoms with Crippen molar-refractivity contribution >= 4 is 0 Å². The van der Waals surface area contributed by atoms with Gasteiger partial charge in [0.15, 0.2) is 0 Å². The fraction of sp³-hybridized carbons (Fsp3) is 1.00. The van der Waals surface area contributed by atoms with Gasteiger partial charge in [0.2, 0.25) is 0 Å². The van der Waals surface area contributed by atoms with Crippen molar-refractivity contribution in [2.24, 2.45) is 11.1 Å².